The van der Waals surface area contributed by atoms with Gasteiger partial charge in [0.1, 0.15) is 11.9 Å². The van der Waals surface area contributed by atoms with Crippen LogP contribution in [0.15, 0.2) is 30.3 Å². The number of likely N-dealkylation sites (N-methyl/N-ethyl adjacent to an activating group) is 1. The first-order valence-corrected chi connectivity index (χ1v) is 7.20. The second-order valence-electron chi connectivity index (χ2n) is 5.39. The highest BCUT2D eigenvalue weighted by Crippen LogP contribution is 2.19. The molecule has 1 heterocycles. The van der Waals surface area contributed by atoms with Gasteiger partial charge in [0.25, 0.3) is 0 Å². The molecule has 0 unspecified atom stereocenters. The van der Waals surface area contributed by atoms with Crippen molar-refractivity contribution < 1.29 is 14.3 Å². The first-order valence-electron chi connectivity index (χ1n) is 7.20. The molecule has 2 N–H and O–H groups in total. The number of H-pyrrole nitrogens is 1. The number of rotatable bonds is 7. The number of carboxylic acid groups (broad SMARTS) is 1. The lowest BCUT2D eigenvalue weighted by molar-refractivity contribution is -0.142. The third kappa shape index (κ3) is 4.14. The van der Waals surface area contributed by atoms with E-state index >= 15 is 0 Å². The lowest BCUT2D eigenvalue weighted by Crippen LogP contribution is -2.36. The molecular weight excluding hydrogens is 285 g/mol. The largest absolute Gasteiger partial charge is 0.480 e. The van der Waals surface area contributed by atoms with E-state index in [1.165, 1.54) is 12.1 Å². The predicted molar refractivity (Wildman–Crippen MR) is 82.0 cm³/mol. The molecule has 1 aromatic heterocycles. The van der Waals surface area contributed by atoms with Gasteiger partial charge in [-0.1, -0.05) is 12.1 Å². The summed E-state index contributed by atoms with van der Waals surface area (Å²) in [7, 11) is 1.80. The predicted octanol–water partition coefficient (Wildman–Crippen LogP) is 2.55. The smallest absolute Gasteiger partial charge is 0.320 e. The van der Waals surface area contributed by atoms with E-state index in [0.29, 0.717) is 12.2 Å². The van der Waals surface area contributed by atoms with E-state index in [4.69, 9.17) is 5.11 Å². The standard InChI is InChI=1S/C16H20FN3O2/c1-11(16(21)22)20(2)8-4-7-14-10-15(19-18-14)12-5-3-6-13(17)9-12/h3,5-6,9-11H,4,7-8H2,1-2H3,(H,18,19)(H,21,22)/t11-/m0/s1. The van der Waals surface area contributed by atoms with Gasteiger partial charge in [0.15, 0.2) is 0 Å². The fourth-order valence-corrected chi connectivity index (χ4v) is 2.19. The normalized spacial score (nSPS) is 12.5. The number of nitrogens with one attached hydrogen (secondary N) is 1. The van der Waals surface area contributed by atoms with Crippen molar-refractivity contribution in [3.63, 3.8) is 0 Å². The second-order valence-corrected chi connectivity index (χ2v) is 5.39. The van der Waals surface area contributed by atoms with Gasteiger partial charge < -0.3 is 5.11 Å². The molecule has 0 saturated carbocycles. The average Bonchev–Trinajstić information content (AvgIpc) is 2.95. The maximum Gasteiger partial charge on any atom is 0.320 e. The Morgan fingerprint density at radius 3 is 2.91 bits per heavy atom. The third-order valence-electron chi connectivity index (χ3n) is 3.73. The van der Waals surface area contributed by atoms with Crippen LogP contribution in [0, 0.1) is 5.82 Å². The number of aryl methyl sites for hydroxylation is 1. The molecule has 118 valence electrons. The highest BCUT2D eigenvalue weighted by atomic mass is 19.1. The van der Waals surface area contributed by atoms with Crippen molar-refractivity contribution in [2.24, 2.45) is 0 Å². The zero-order valence-corrected chi connectivity index (χ0v) is 12.7. The van der Waals surface area contributed by atoms with E-state index in [-0.39, 0.29) is 5.82 Å². The maximum atomic E-state index is 13.2. The molecule has 0 aliphatic heterocycles. The number of aromatic amines is 1. The van der Waals surface area contributed by atoms with Crippen molar-refractivity contribution in [1.29, 1.82) is 0 Å². The maximum absolute atomic E-state index is 13.2. The van der Waals surface area contributed by atoms with Gasteiger partial charge in [-0.15, -0.1) is 0 Å². The van der Waals surface area contributed by atoms with Crippen LogP contribution in [0.1, 0.15) is 19.0 Å². The van der Waals surface area contributed by atoms with Gasteiger partial charge in [-0.3, -0.25) is 14.8 Å². The minimum Gasteiger partial charge on any atom is -0.480 e. The van der Waals surface area contributed by atoms with Crippen LogP contribution in [0.2, 0.25) is 0 Å². The van der Waals surface area contributed by atoms with Crippen LogP contribution >= 0.6 is 0 Å². The summed E-state index contributed by atoms with van der Waals surface area (Å²) in [6, 6.07) is 7.71. The number of benzene rings is 1. The van der Waals surface area contributed by atoms with Crippen molar-refractivity contribution in [2.75, 3.05) is 13.6 Å². The van der Waals surface area contributed by atoms with Gasteiger partial charge in [0, 0.05) is 11.3 Å². The summed E-state index contributed by atoms with van der Waals surface area (Å²) in [4.78, 5) is 12.7. The Bertz CT molecular complexity index is 642. The molecule has 0 bridgehead atoms. The van der Waals surface area contributed by atoms with E-state index in [1.807, 2.05) is 12.1 Å². The summed E-state index contributed by atoms with van der Waals surface area (Å²) < 4.78 is 13.2. The molecule has 0 radical (unpaired) electrons. The molecule has 0 spiro atoms. The van der Waals surface area contributed by atoms with Crippen molar-refractivity contribution >= 4 is 5.97 Å². The molecule has 1 atom stereocenters. The quantitative estimate of drug-likeness (QED) is 0.825. The average molecular weight is 305 g/mol. The number of hydrogen-bond acceptors (Lipinski definition) is 3. The molecule has 0 saturated heterocycles. The first-order chi connectivity index (χ1) is 10.5. The SMILES string of the molecule is C[C@@H](C(=O)O)N(C)CCCc1cc(-c2cccc(F)c2)n[nH]1. The lowest BCUT2D eigenvalue weighted by Gasteiger charge is -2.20. The Hall–Kier alpha value is -2.21. The van der Waals surface area contributed by atoms with Crippen LogP contribution in [0.5, 0.6) is 0 Å². The molecule has 0 aliphatic rings. The fraction of sp³-hybridized carbons (Fsp3) is 0.375. The monoisotopic (exact) mass is 305 g/mol. The van der Waals surface area contributed by atoms with Crippen molar-refractivity contribution in [1.82, 2.24) is 15.1 Å². The molecule has 2 aromatic rings. The minimum atomic E-state index is -0.822. The van der Waals surface area contributed by atoms with Crippen LogP contribution in [-0.4, -0.2) is 45.8 Å². The number of halogens is 1. The van der Waals surface area contributed by atoms with Crippen molar-refractivity contribution in [3.8, 4) is 11.3 Å². The number of aromatic nitrogens is 2. The topological polar surface area (TPSA) is 69.2 Å². The first kappa shape index (κ1) is 16.2. The number of carboxylic acids is 1. The lowest BCUT2D eigenvalue weighted by atomic mass is 10.1. The summed E-state index contributed by atoms with van der Waals surface area (Å²) in [5.41, 5.74) is 2.40. The molecular formula is C16H20FN3O2. The van der Waals surface area contributed by atoms with Gasteiger partial charge in [0.2, 0.25) is 0 Å². The van der Waals surface area contributed by atoms with Crippen molar-refractivity contribution in [2.45, 2.75) is 25.8 Å². The number of nitrogens with zero attached hydrogens (tertiary/aromatic N) is 2. The molecule has 22 heavy (non-hydrogen) atoms. The Morgan fingerprint density at radius 1 is 1.45 bits per heavy atom. The van der Waals surface area contributed by atoms with Gasteiger partial charge in [0.05, 0.1) is 5.69 Å². The molecule has 1 aromatic carbocycles. The number of carbonyl (C=O) groups is 1. The van der Waals surface area contributed by atoms with Gasteiger partial charge in [-0.25, -0.2) is 4.39 Å². The van der Waals surface area contributed by atoms with Crippen LogP contribution in [0.3, 0.4) is 0 Å². The number of aliphatic carboxylic acids is 1. The summed E-state index contributed by atoms with van der Waals surface area (Å²) >= 11 is 0. The molecule has 0 aliphatic carbocycles. The fourth-order valence-electron chi connectivity index (χ4n) is 2.19. The zero-order valence-electron chi connectivity index (χ0n) is 12.7. The van der Waals surface area contributed by atoms with Crippen molar-refractivity contribution in [3.05, 3.63) is 41.8 Å². The highest BCUT2D eigenvalue weighted by molar-refractivity contribution is 5.72. The molecule has 6 heteroatoms. The second kappa shape index (κ2) is 7.17. The molecule has 5 nitrogen and oxygen atoms in total. The van der Waals surface area contributed by atoms with Crippen LogP contribution in [-0.2, 0) is 11.2 Å². The van der Waals surface area contributed by atoms with E-state index < -0.39 is 12.0 Å². The minimum absolute atomic E-state index is 0.286. The van der Waals surface area contributed by atoms with E-state index in [0.717, 1.165) is 24.1 Å². The van der Waals surface area contributed by atoms with Gasteiger partial charge >= 0.3 is 5.97 Å². The molecule has 0 fully saturated rings. The van der Waals surface area contributed by atoms with Crippen LogP contribution in [0.4, 0.5) is 4.39 Å². The number of hydrogen-bond donors (Lipinski definition) is 2. The Kier molecular flexibility index (Phi) is 5.27. The molecule has 2 rings (SSSR count). The van der Waals surface area contributed by atoms with E-state index in [9.17, 15) is 9.18 Å². The summed E-state index contributed by atoms with van der Waals surface area (Å²) in [5.74, 6) is -1.11. The van der Waals surface area contributed by atoms with Gasteiger partial charge in [-0.2, -0.15) is 5.10 Å². The van der Waals surface area contributed by atoms with E-state index in [2.05, 4.69) is 10.2 Å². The highest BCUT2D eigenvalue weighted by Gasteiger charge is 2.16. The van der Waals surface area contributed by atoms with Crippen LogP contribution < -0.4 is 0 Å². The summed E-state index contributed by atoms with van der Waals surface area (Å²) in [5, 5.41) is 16.1. The van der Waals surface area contributed by atoms with Crippen LogP contribution in [0.25, 0.3) is 11.3 Å². The Balaban J connectivity index is 1.89. The molecule has 0 amide bonds. The Labute approximate surface area is 128 Å². The Morgan fingerprint density at radius 2 is 2.23 bits per heavy atom. The summed E-state index contributed by atoms with van der Waals surface area (Å²) in [6.07, 6.45) is 1.58. The summed E-state index contributed by atoms with van der Waals surface area (Å²) in [6.45, 7) is 2.35. The van der Waals surface area contributed by atoms with E-state index in [1.54, 1.807) is 24.9 Å². The zero-order chi connectivity index (χ0) is 16.1. The third-order valence-corrected chi connectivity index (χ3v) is 3.73. The van der Waals surface area contributed by atoms with Gasteiger partial charge in [-0.05, 0) is 51.6 Å².